The summed E-state index contributed by atoms with van der Waals surface area (Å²) in [5.41, 5.74) is 12.2. The van der Waals surface area contributed by atoms with Gasteiger partial charge in [0.1, 0.15) is 0 Å². The van der Waals surface area contributed by atoms with Crippen LogP contribution in [0.15, 0.2) is 194 Å². The van der Waals surface area contributed by atoms with Crippen molar-refractivity contribution in [3.8, 4) is 44.5 Å². The Morgan fingerprint density at radius 1 is 0.245 bits per heavy atom. The van der Waals surface area contributed by atoms with Crippen molar-refractivity contribution in [2.45, 2.75) is 0 Å². The molecule has 0 aliphatic carbocycles. The number of nitrogens with one attached hydrogen (secondary N) is 1. The Balaban J connectivity index is 1.08. The predicted octanol–water partition coefficient (Wildman–Crippen LogP) is 14.6. The summed E-state index contributed by atoms with van der Waals surface area (Å²) >= 11 is 0. The van der Waals surface area contributed by atoms with Gasteiger partial charge < -0.3 is 4.98 Å². The standard InChI is InChI=1S/C52H33N/c1-2-13-35-29-38(24-23-33(35)11-1)36-14-9-16-40(30-36)50-43-19-5-7-21-45(43)51(46-22-8-6-20-44(46)50)41-17-10-15-37(31-41)39-26-28-49-48(32-39)47-27-25-34-12-3-4-18-42(34)52(47)53-49/h1-32,53H. The third kappa shape index (κ3) is 4.79. The van der Waals surface area contributed by atoms with Crippen molar-refractivity contribution in [1.82, 2.24) is 4.98 Å². The van der Waals surface area contributed by atoms with Crippen molar-refractivity contribution in [3.63, 3.8) is 0 Å². The van der Waals surface area contributed by atoms with Gasteiger partial charge in [0.15, 0.2) is 0 Å². The van der Waals surface area contributed by atoms with Crippen molar-refractivity contribution in [3.05, 3.63) is 194 Å². The van der Waals surface area contributed by atoms with Crippen LogP contribution in [0, 0.1) is 0 Å². The molecular formula is C52H33N. The molecule has 0 fully saturated rings. The van der Waals surface area contributed by atoms with Gasteiger partial charge in [0, 0.05) is 21.7 Å². The molecule has 0 saturated heterocycles. The van der Waals surface area contributed by atoms with Gasteiger partial charge >= 0.3 is 0 Å². The number of rotatable bonds is 4. The molecule has 246 valence electrons. The van der Waals surface area contributed by atoms with Crippen molar-refractivity contribution in [2.24, 2.45) is 0 Å². The lowest BCUT2D eigenvalue weighted by Crippen LogP contribution is -1.91. The van der Waals surface area contributed by atoms with Crippen LogP contribution >= 0.6 is 0 Å². The van der Waals surface area contributed by atoms with E-state index in [1.807, 2.05) is 0 Å². The molecule has 1 heterocycles. The van der Waals surface area contributed by atoms with E-state index in [9.17, 15) is 0 Å². The number of hydrogen-bond donors (Lipinski definition) is 1. The van der Waals surface area contributed by atoms with Crippen LogP contribution in [0.1, 0.15) is 0 Å². The molecule has 1 N–H and O–H groups in total. The van der Waals surface area contributed by atoms with Crippen LogP contribution in [0.3, 0.4) is 0 Å². The zero-order valence-corrected chi connectivity index (χ0v) is 29.0. The first-order valence-corrected chi connectivity index (χ1v) is 18.3. The Kier molecular flexibility index (Phi) is 6.62. The first kappa shape index (κ1) is 29.7. The van der Waals surface area contributed by atoms with Gasteiger partial charge in [0.25, 0.3) is 0 Å². The lowest BCUT2D eigenvalue weighted by Gasteiger charge is -2.18. The minimum Gasteiger partial charge on any atom is -0.354 e. The average molecular weight is 672 g/mol. The van der Waals surface area contributed by atoms with Crippen LogP contribution in [-0.2, 0) is 0 Å². The highest BCUT2D eigenvalue weighted by Gasteiger charge is 2.18. The summed E-state index contributed by atoms with van der Waals surface area (Å²) in [6, 6.07) is 71.3. The van der Waals surface area contributed by atoms with Crippen molar-refractivity contribution in [1.29, 1.82) is 0 Å². The summed E-state index contributed by atoms with van der Waals surface area (Å²) in [4.78, 5) is 3.72. The molecule has 0 aliphatic heterocycles. The molecule has 53 heavy (non-hydrogen) atoms. The second-order valence-corrected chi connectivity index (χ2v) is 14.2. The molecule has 0 unspecified atom stereocenters. The lowest BCUT2D eigenvalue weighted by molar-refractivity contribution is 1.56. The highest BCUT2D eigenvalue weighted by molar-refractivity contribution is 6.22. The van der Waals surface area contributed by atoms with Crippen LogP contribution in [0.5, 0.6) is 0 Å². The lowest BCUT2D eigenvalue weighted by atomic mass is 9.85. The molecule has 0 atom stereocenters. The molecule has 1 heteroatoms. The van der Waals surface area contributed by atoms with E-state index in [2.05, 4.69) is 199 Å². The molecule has 10 aromatic carbocycles. The van der Waals surface area contributed by atoms with Gasteiger partial charge in [-0.15, -0.1) is 0 Å². The maximum Gasteiger partial charge on any atom is 0.0544 e. The van der Waals surface area contributed by atoms with Gasteiger partial charge in [-0.25, -0.2) is 0 Å². The summed E-state index contributed by atoms with van der Waals surface area (Å²) in [6.07, 6.45) is 0. The fraction of sp³-hybridized carbons (Fsp3) is 0. The van der Waals surface area contributed by atoms with E-state index in [0.717, 1.165) is 5.52 Å². The second-order valence-electron chi connectivity index (χ2n) is 14.2. The van der Waals surface area contributed by atoms with E-state index in [4.69, 9.17) is 0 Å². The molecule has 0 spiro atoms. The van der Waals surface area contributed by atoms with E-state index in [0.29, 0.717) is 0 Å². The van der Waals surface area contributed by atoms with Gasteiger partial charge in [-0.3, -0.25) is 0 Å². The van der Waals surface area contributed by atoms with Gasteiger partial charge in [-0.2, -0.15) is 0 Å². The van der Waals surface area contributed by atoms with E-state index < -0.39 is 0 Å². The summed E-state index contributed by atoms with van der Waals surface area (Å²) < 4.78 is 0. The quantitative estimate of drug-likeness (QED) is 0.179. The highest BCUT2D eigenvalue weighted by atomic mass is 14.7. The zero-order chi connectivity index (χ0) is 34.9. The third-order valence-electron chi connectivity index (χ3n) is 11.1. The first-order chi connectivity index (χ1) is 26.3. The van der Waals surface area contributed by atoms with Crippen LogP contribution in [0.25, 0.3) is 109 Å². The number of hydrogen-bond acceptors (Lipinski definition) is 0. The fourth-order valence-corrected chi connectivity index (χ4v) is 8.65. The topological polar surface area (TPSA) is 15.8 Å². The molecular weight excluding hydrogens is 639 g/mol. The molecule has 0 radical (unpaired) electrons. The smallest absolute Gasteiger partial charge is 0.0544 e. The molecule has 1 nitrogen and oxygen atoms in total. The Hall–Kier alpha value is -6.96. The molecule has 1 aromatic heterocycles. The molecule has 11 rings (SSSR count). The Morgan fingerprint density at radius 2 is 0.717 bits per heavy atom. The van der Waals surface area contributed by atoms with Crippen molar-refractivity contribution >= 4 is 64.9 Å². The predicted molar refractivity (Wildman–Crippen MR) is 228 cm³/mol. The SMILES string of the molecule is c1cc(-c2ccc3ccccc3c2)cc(-c2c3ccccc3c(-c3cccc(-c4ccc5[nH]c6c7ccccc7ccc6c5c4)c3)c3ccccc23)c1. The Bertz CT molecular complexity index is 3180. The number of H-pyrrole nitrogens is 1. The van der Waals surface area contributed by atoms with E-state index in [1.165, 1.54) is 104 Å². The van der Waals surface area contributed by atoms with E-state index >= 15 is 0 Å². The number of benzene rings is 10. The summed E-state index contributed by atoms with van der Waals surface area (Å²) in [5, 5.41) is 12.6. The number of aromatic amines is 1. The molecule has 0 saturated carbocycles. The Labute approximate surface area is 307 Å². The zero-order valence-electron chi connectivity index (χ0n) is 29.0. The average Bonchev–Trinajstić information content (AvgIpc) is 3.61. The fourth-order valence-electron chi connectivity index (χ4n) is 8.65. The number of aromatic nitrogens is 1. The molecule has 11 aromatic rings. The first-order valence-electron chi connectivity index (χ1n) is 18.3. The maximum atomic E-state index is 3.72. The molecule has 0 bridgehead atoms. The van der Waals surface area contributed by atoms with Crippen molar-refractivity contribution < 1.29 is 0 Å². The largest absolute Gasteiger partial charge is 0.354 e. The Morgan fingerprint density at radius 3 is 1.36 bits per heavy atom. The summed E-state index contributed by atoms with van der Waals surface area (Å²) in [7, 11) is 0. The van der Waals surface area contributed by atoms with Gasteiger partial charge in [-0.05, 0) is 113 Å². The summed E-state index contributed by atoms with van der Waals surface area (Å²) in [6.45, 7) is 0. The van der Waals surface area contributed by atoms with Crippen LogP contribution < -0.4 is 0 Å². The monoisotopic (exact) mass is 671 g/mol. The molecule has 0 amide bonds. The maximum absolute atomic E-state index is 3.72. The normalized spacial score (nSPS) is 11.8. The number of fused-ring (bicyclic) bond motifs is 8. The van der Waals surface area contributed by atoms with Crippen molar-refractivity contribution in [2.75, 3.05) is 0 Å². The van der Waals surface area contributed by atoms with E-state index in [-0.39, 0.29) is 0 Å². The highest BCUT2D eigenvalue weighted by Crippen LogP contribution is 2.45. The van der Waals surface area contributed by atoms with Crippen LogP contribution in [0.2, 0.25) is 0 Å². The van der Waals surface area contributed by atoms with E-state index in [1.54, 1.807) is 0 Å². The minimum atomic E-state index is 1.16. The van der Waals surface area contributed by atoms with Gasteiger partial charge in [-0.1, -0.05) is 164 Å². The minimum absolute atomic E-state index is 1.16. The third-order valence-corrected chi connectivity index (χ3v) is 11.1. The second kappa shape index (κ2) is 11.8. The van der Waals surface area contributed by atoms with Crippen LogP contribution in [0.4, 0.5) is 0 Å². The van der Waals surface area contributed by atoms with Gasteiger partial charge in [0.2, 0.25) is 0 Å². The van der Waals surface area contributed by atoms with Crippen LogP contribution in [-0.4, -0.2) is 4.98 Å². The molecule has 0 aliphatic rings. The summed E-state index contributed by atoms with van der Waals surface area (Å²) in [5.74, 6) is 0. The van der Waals surface area contributed by atoms with Gasteiger partial charge in [0.05, 0.1) is 5.52 Å².